The highest BCUT2D eigenvalue weighted by atomic mass is 16.6. The van der Waals surface area contributed by atoms with Gasteiger partial charge in [-0.25, -0.2) is 4.79 Å². The molecule has 1 atom stereocenters. The maximum Gasteiger partial charge on any atom is 0.411 e. The van der Waals surface area contributed by atoms with Crippen LogP contribution in [-0.4, -0.2) is 48.2 Å². The molecule has 1 rings (SSSR count). The van der Waals surface area contributed by atoms with E-state index >= 15 is 0 Å². The molecule has 1 saturated heterocycles. The molecule has 0 spiro atoms. The Balaban J connectivity index is 0.00000172. The van der Waals surface area contributed by atoms with Crippen LogP contribution in [0.2, 0.25) is 0 Å². The maximum absolute atomic E-state index is 12.2. The lowest BCUT2D eigenvalue weighted by atomic mass is 9.93. The molecule has 0 N–H and O–H groups in total. The first-order valence-electron chi connectivity index (χ1n) is 7.23. The van der Waals surface area contributed by atoms with E-state index in [1.165, 1.54) is 18.9 Å². The summed E-state index contributed by atoms with van der Waals surface area (Å²) in [5.74, 6) is -0.0484. The van der Waals surface area contributed by atoms with E-state index in [2.05, 4.69) is 0 Å². The quantitative estimate of drug-likeness (QED) is 0.800. The number of carbonyl (C=O) groups is 2. The third-order valence-electron chi connectivity index (χ3n) is 3.14. The molecule has 0 aromatic rings. The predicted molar refractivity (Wildman–Crippen MR) is 78.8 cm³/mol. The molecule has 1 aliphatic heterocycles. The summed E-state index contributed by atoms with van der Waals surface area (Å²) in [6, 6.07) is 0. The summed E-state index contributed by atoms with van der Waals surface area (Å²) in [6.07, 6.45) is 0.990. The lowest BCUT2D eigenvalue weighted by Crippen LogP contribution is -2.56. The number of hydrogen-bond donors (Lipinski definition) is 0. The van der Waals surface area contributed by atoms with Crippen molar-refractivity contribution in [2.75, 3.05) is 20.3 Å². The number of hydrogen-bond acceptors (Lipinski definition) is 4. The van der Waals surface area contributed by atoms with Crippen LogP contribution in [0.25, 0.3) is 0 Å². The lowest BCUT2D eigenvalue weighted by molar-refractivity contribution is -0.130. The molecule has 0 aromatic heterocycles. The van der Waals surface area contributed by atoms with Crippen LogP contribution in [0.5, 0.6) is 0 Å². The Kier molecular flexibility index (Phi) is 7.20. The summed E-state index contributed by atoms with van der Waals surface area (Å²) in [5, 5.41) is 0. The zero-order valence-electron chi connectivity index (χ0n) is 13.9. The number of likely N-dealkylation sites (tertiary alicyclic amines) is 1. The molecule has 118 valence electrons. The second kappa shape index (κ2) is 7.62. The first-order chi connectivity index (χ1) is 9.23. The van der Waals surface area contributed by atoms with Crippen molar-refractivity contribution in [2.24, 2.45) is 0 Å². The van der Waals surface area contributed by atoms with Crippen molar-refractivity contribution in [3.05, 3.63) is 0 Å². The molecular weight excluding hydrogens is 258 g/mol. The van der Waals surface area contributed by atoms with E-state index in [9.17, 15) is 9.59 Å². The molecule has 0 saturated carbocycles. The Morgan fingerprint density at radius 3 is 2.20 bits per heavy atom. The SMILES string of the molecule is CC.COCC1(C(C)=O)CCCN1C(=O)OC(C)(C)C. The van der Waals surface area contributed by atoms with Gasteiger partial charge in [0.2, 0.25) is 0 Å². The van der Waals surface area contributed by atoms with Crippen LogP contribution >= 0.6 is 0 Å². The van der Waals surface area contributed by atoms with E-state index in [0.29, 0.717) is 13.0 Å². The molecule has 1 heterocycles. The fourth-order valence-corrected chi connectivity index (χ4v) is 2.32. The fourth-order valence-electron chi connectivity index (χ4n) is 2.32. The monoisotopic (exact) mass is 287 g/mol. The average Bonchev–Trinajstić information content (AvgIpc) is 2.75. The highest BCUT2D eigenvalue weighted by Gasteiger charge is 2.49. The van der Waals surface area contributed by atoms with E-state index in [4.69, 9.17) is 9.47 Å². The maximum atomic E-state index is 12.2. The van der Waals surface area contributed by atoms with E-state index in [-0.39, 0.29) is 12.4 Å². The van der Waals surface area contributed by atoms with Crippen LogP contribution in [-0.2, 0) is 14.3 Å². The molecule has 1 fully saturated rings. The van der Waals surface area contributed by atoms with Crippen molar-refractivity contribution < 1.29 is 19.1 Å². The molecule has 1 unspecified atom stereocenters. The van der Waals surface area contributed by atoms with Crippen molar-refractivity contribution in [1.82, 2.24) is 4.90 Å². The largest absolute Gasteiger partial charge is 0.444 e. The summed E-state index contributed by atoms with van der Waals surface area (Å²) >= 11 is 0. The Hall–Kier alpha value is -1.10. The number of amides is 1. The summed E-state index contributed by atoms with van der Waals surface area (Å²) < 4.78 is 10.5. The van der Waals surface area contributed by atoms with Gasteiger partial charge >= 0.3 is 6.09 Å². The summed E-state index contributed by atoms with van der Waals surface area (Å²) in [6.45, 7) is 11.7. The lowest BCUT2D eigenvalue weighted by Gasteiger charge is -2.36. The number of rotatable bonds is 3. The van der Waals surface area contributed by atoms with Crippen LogP contribution in [0, 0.1) is 0 Å². The van der Waals surface area contributed by atoms with Crippen LogP contribution in [0.15, 0.2) is 0 Å². The van der Waals surface area contributed by atoms with Crippen LogP contribution in [0.4, 0.5) is 4.79 Å². The Bertz CT molecular complexity index is 335. The van der Waals surface area contributed by atoms with Crippen LogP contribution in [0.1, 0.15) is 54.4 Å². The molecule has 0 bridgehead atoms. The summed E-state index contributed by atoms with van der Waals surface area (Å²) in [4.78, 5) is 25.6. The van der Waals surface area contributed by atoms with Crippen molar-refractivity contribution in [3.63, 3.8) is 0 Å². The van der Waals surface area contributed by atoms with Gasteiger partial charge in [-0.05, 0) is 40.5 Å². The van der Waals surface area contributed by atoms with Gasteiger partial charge in [-0.1, -0.05) is 13.8 Å². The second-order valence-corrected chi connectivity index (χ2v) is 5.76. The molecule has 0 aromatic carbocycles. The molecule has 0 radical (unpaired) electrons. The standard InChI is InChI=1S/C13H23NO4.C2H6/c1-10(15)13(9-17-5)7-6-8-14(13)11(16)18-12(2,3)4;1-2/h6-9H2,1-5H3;1-2H3. The molecular formula is C15H29NO4. The Labute approximate surface area is 122 Å². The van der Waals surface area contributed by atoms with Gasteiger partial charge in [0, 0.05) is 13.7 Å². The molecule has 0 aliphatic carbocycles. The minimum atomic E-state index is -0.850. The van der Waals surface area contributed by atoms with Gasteiger partial charge in [0.05, 0.1) is 6.61 Å². The normalized spacial score (nSPS) is 22.1. The number of carbonyl (C=O) groups excluding carboxylic acids is 2. The van der Waals surface area contributed by atoms with Gasteiger partial charge in [-0.3, -0.25) is 9.69 Å². The number of ketones is 1. The van der Waals surface area contributed by atoms with Crippen molar-refractivity contribution in [2.45, 2.75) is 65.5 Å². The first kappa shape index (κ1) is 18.9. The zero-order valence-corrected chi connectivity index (χ0v) is 13.9. The molecule has 20 heavy (non-hydrogen) atoms. The number of ether oxygens (including phenoxy) is 2. The van der Waals surface area contributed by atoms with E-state index in [0.717, 1.165) is 6.42 Å². The molecule has 5 nitrogen and oxygen atoms in total. The van der Waals surface area contributed by atoms with Gasteiger partial charge < -0.3 is 9.47 Å². The highest BCUT2D eigenvalue weighted by molar-refractivity contribution is 5.90. The Morgan fingerprint density at radius 1 is 1.25 bits per heavy atom. The predicted octanol–water partition coefficient (Wildman–Crippen LogP) is 3.02. The smallest absolute Gasteiger partial charge is 0.411 e. The zero-order chi connectivity index (χ0) is 16.0. The van der Waals surface area contributed by atoms with Crippen molar-refractivity contribution in [1.29, 1.82) is 0 Å². The van der Waals surface area contributed by atoms with Gasteiger partial charge in [0.15, 0.2) is 5.78 Å². The molecule has 5 heteroatoms. The van der Waals surface area contributed by atoms with Crippen LogP contribution in [0.3, 0.4) is 0 Å². The van der Waals surface area contributed by atoms with E-state index < -0.39 is 17.2 Å². The number of nitrogens with zero attached hydrogens (tertiary/aromatic N) is 1. The van der Waals surface area contributed by atoms with Crippen molar-refractivity contribution in [3.8, 4) is 0 Å². The summed E-state index contributed by atoms with van der Waals surface area (Å²) in [7, 11) is 1.54. The topological polar surface area (TPSA) is 55.8 Å². The summed E-state index contributed by atoms with van der Waals surface area (Å²) in [5.41, 5.74) is -1.41. The van der Waals surface area contributed by atoms with E-state index in [1.54, 1.807) is 0 Å². The third kappa shape index (κ3) is 4.47. The van der Waals surface area contributed by atoms with Gasteiger partial charge in [0.25, 0.3) is 0 Å². The molecule has 1 amide bonds. The number of methoxy groups -OCH3 is 1. The van der Waals surface area contributed by atoms with Gasteiger partial charge in [-0.15, -0.1) is 0 Å². The second-order valence-electron chi connectivity index (χ2n) is 5.76. The van der Waals surface area contributed by atoms with Gasteiger partial charge in [0.1, 0.15) is 11.1 Å². The first-order valence-corrected chi connectivity index (χ1v) is 7.23. The average molecular weight is 287 g/mol. The third-order valence-corrected chi connectivity index (χ3v) is 3.14. The van der Waals surface area contributed by atoms with Gasteiger partial charge in [-0.2, -0.15) is 0 Å². The minimum absolute atomic E-state index is 0.0484. The Morgan fingerprint density at radius 2 is 1.80 bits per heavy atom. The molecule has 1 aliphatic rings. The fraction of sp³-hybridized carbons (Fsp3) is 0.867. The highest BCUT2D eigenvalue weighted by Crippen LogP contribution is 2.32. The van der Waals surface area contributed by atoms with E-state index in [1.807, 2.05) is 34.6 Å². The van der Waals surface area contributed by atoms with Crippen molar-refractivity contribution >= 4 is 11.9 Å². The number of Topliss-reactive ketones (excluding diaryl/α,β-unsaturated/α-hetero) is 1. The minimum Gasteiger partial charge on any atom is -0.444 e. The van der Waals surface area contributed by atoms with Crippen LogP contribution < -0.4 is 0 Å².